The van der Waals surface area contributed by atoms with Gasteiger partial charge in [0.05, 0.1) is 0 Å². The van der Waals surface area contributed by atoms with Gasteiger partial charge in [0, 0.05) is 24.8 Å². The Bertz CT molecular complexity index is 324. The molecule has 19 heavy (non-hydrogen) atoms. The highest BCUT2D eigenvalue weighted by molar-refractivity contribution is 5.48. The molecule has 1 aliphatic heterocycles. The van der Waals surface area contributed by atoms with Gasteiger partial charge in [-0.3, -0.25) is 0 Å². The zero-order chi connectivity index (χ0) is 14.1. The number of rotatable bonds is 3. The van der Waals surface area contributed by atoms with Crippen LogP contribution in [0, 0.1) is 0 Å². The van der Waals surface area contributed by atoms with Crippen LogP contribution in [0.15, 0.2) is 24.3 Å². The van der Waals surface area contributed by atoms with Crippen molar-refractivity contribution < 1.29 is 0 Å². The van der Waals surface area contributed by atoms with Gasteiger partial charge in [0.25, 0.3) is 0 Å². The predicted molar refractivity (Wildman–Crippen MR) is 86.1 cm³/mol. The molecule has 0 saturated carbocycles. The summed E-state index contributed by atoms with van der Waals surface area (Å²) in [5.74, 6) is 0. The minimum absolute atomic E-state index is 0.714. The summed E-state index contributed by atoms with van der Waals surface area (Å²) in [6.45, 7) is 8.81. The lowest BCUT2D eigenvalue weighted by molar-refractivity contribution is 0.442. The second-order valence-corrected chi connectivity index (χ2v) is 5.28. The SMILES string of the molecule is CCC.CCc1ccc(N2CCC(NC)CC2)cc1. The molecule has 0 aliphatic carbocycles. The molecule has 108 valence electrons. The van der Waals surface area contributed by atoms with E-state index in [1.165, 1.54) is 43.6 Å². The van der Waals surface area contributed by atoms with Crippen LogP contribution in [0.2, 0.25) is 0 Å². The number of benzene rings is 1. The molecule has 1 aromatic carbocycles. The van der Waals surface area contributed by atoms with Crippen LogP contribution in [-0.2, 0) is 6.42 Å². The molecule has 0 atom stereocenters. The molecule has 0 aromatic heterocycles. The van der Waals surface area contributed by atoms with Crippen molar-refractivity contribution in [3.63, 3.8) is 0 Å². The molecule has 0 unspecified atom stereocenters. The first-order valence-corrected chi connectivity index (χ1v) is 7.76. The van der Waals surface area contributed by atoms with Gasteiger partial charge < -0.3 is 10.2 Å². The third-order valence-electron chi connectivity index (χ3n) is 3.61. The maximum atomic E-state index is 3.37. The molecule has 1 heterocycles. The molecule has 0 bridgehead atoms. The summed E-state index contributed by atoms with van der Waals surface area (Å²) in [6, 6.07) is 9.74. The Balaban J connectivity index is 0.000000550. The van der Waals surface area contributed by atoms with Crippen molar-refractivity contribution in [1.82, 2.24) is 5.32 Å². The second kappa shape index (κ2) is 8.98. The Morgan fingerprint density at radius 2 is 1.58 bits per heavy atom. The number of hydrogen-bond acceptors (Lipinski definition) is 2. The van der Waals surface area contributed by atoms with Gasteiger partial charge in [-0.05, 0) is 44.0 Å². The van der Waals surface area contributed by atoms with Gasteiger partial charge in [0.1, 0.15) is 0 Å². The molecule has 1 aliphatic rings. The number of aryl methyl sites for hydroxylation is 1. The molecule has 1 saturated heterocycles. The minimum Gasteiger partial charge on any atom is -0.371 e. The molecule has 0 amide bonds. The highest BCUT2D eigenvalue weighted by atomic mass is 15.1. The number of nitrogens with one attached hydrogen (secondary N) is 1. The van der Waals surface area contributed by atoms with E-state index < -0.39 is 0 Å². The molecule has 0 radical (unpaired) electrons. The van der Waals surface area contributed by atoms with Crippen molar-refractivity contribution in [1.29, 1.82) is 0 Å². The van der Waals surface area contributed by atoms with E-state index in [2.05, 4.69) is 62.3 Å². The Hall–Kier alpha value is -1.02. The van der Waals surface area contributed by atoms with E-state index in [1.807, 2.05) is 0 Å². The van der Waals surface area contributed by atoms with E-state index in [0.717, 1.165) is 6.42 Å². The minimum atomic E-state index is 0.714. The fraction of sp³-hybridized carbons (Fsp3) is 0.647. The monoisotopic (exact) mass is 262 g/mol. The topological polar surface area (TPSA) is 15.3 Å². The first-order chi connectivity index (χ1) is 9.24. The van der Waals surface area contributed by atoms with Crippen molar-refractivity contribution in [2.24, 2.45) is 0 Å². The van der Waals surface area contributed by atoms with E-state index in [4.69, 9.17) is 0 Å². The largest absolute Gasteiger partial charge is 0.371 e. The highest BCUT2D eigenvalue weighted by Gasteiger charge is 2.17. The van der Waals surface area contributed by atoms with Crippen LogP contribution in [0.3, 0.4) is 0 Å². The van der Waals surface area contributed by atoms with E-state index >= 15 is 0 Å². The molecule has 2 nitrogen and oxygen atoms in total. The lowest BCUT2D eigenvalue weighted by atomic mass is 10.0. The normalized spacial score (nSPS) is 15.9. The van der Waals surface area contributed by atoms with Gasteiger partial charge >= 0.3 is 0 Å². The number of piperidine rings is 1. The van der Waals surface area contributed by atoms with Crippen LogP contribution in [0.4, 0.5) is 5.69 Å². The van der Waals surface area contributed by atoms with E-state index in [0.29, 0.717) is 6.04 Å². The van der Waals surface area contributed by atoms with E-state index in [-0.39, 0.29) is 0 Å². The zero-order valence-electron chi connectivity index (χ0n) is 13.1. The summed E-state index contributed by atoms with van der Waals surface area (Å²) in [5, 5.41) is 3.37. The lowest BCUT2D eigenvalue weighted by Crippen LogP contribution is -2.41. The smallest absolute Gasteiger partial charge is 0.0366 e. The van der Waals surface area contributed by atoms with E-state index in [9.17, 15) is 0 Å². The Morgan fingerprint density at radius 1 is 1.05 bits per heavy atom. The Morgan fingerprint density at radius 3 is 2.00 bits per heavy atom. The molecular weight excluding hydrogens is 232 g/mol. The zero-order valence-corrected chi connectivity index (χ0v) is 13.1. The molecule has 0 spiro atoms. The lowest BCUT2D eigenvalue weighted by Gasteiger charge is -2.33. The summed E-state index contributed by atoms with van der Waals surface area (Å²) >= 11 is 0. The van der Waals surface area contributed by atoms with E-state index in [1.54, 1.807) is 0 Å². The standard InChI is InChI=1S/C14H22N2.C3H8/c1-3-12-4-6-14(7-5-12)16-10-8-13(15-2)9-11-16;1-3-2/h4-7,13,15H,3,8-11H2,1-2H3;3H2,1-2H3. The van der Waals surface area contributed by atoms with Crippen LogP contribution in [0.5, 0.6) is 0 Å². The molecule has 1 fully saturated rings. The summed E-state index contributed by atoms with van der Waals surface area (Å²) in [6.07, 6.45) is 4.89. The van der Waals surface area contributed by atoms with Gasteiger partial charge in [-0.2, -0.15) is 0 Å². The molecule has 1 aromatic rings. The quantitative estimate of drug-likeness (QED) is 0.890. The van der Waals surface area contributed by atoms with Crippen molar-refractivity contribution in [2.75, 3.05) is 25.0 Å². The van der Waals surface area contributed by atoms with Crippen molar-refractivity contribution in [2.45, 2.75) is 52.5 Å². The molecule has 2 rings (SSSR count). The van der Waals surface area contributed by atoms with Crippen LogP contribution >= 0.6 is 0 Å². The van der Waals surface area contributed by atoms with Crippen LogP contribution < -0.4 is 10.2 Å². The van der Waals surface area contributed by atoms with Crippen molar-refractivity contribution in [3.05, 3.63) is 29.8 Å². The fourth-order valence-corrected chi connectivity index (χ4v) is 2.37. The summed E-state index contributed by atoms with van der Waals surface area (Å²) < 4.78 is 0. The number of hydrogen-bond donors (Lipinski definition) is 1. The van der Waals surface area contributed by atoms with Gasteiger partial charge in [0.2, 0.25) is 0 Å². The highest BCUT2D eigenvalue weighted by Crippen LogP contribution is 2.20. The summed E-state index contributed by atoms with van der Waals surface area (Å²) in [5.41, 5.74) is 2.81. The summed E-state index contributed by atoms with van der Waals surface area (Å²) in [4.78, 5) is 2.49. The average Bonchev–Trinajstić information content (AvgIpc) is 2.48. The molecule has 2 heteroatoms. The van der Waals surface area contributed by atoms with Crippen LogP contribution in [0.25, 0.3) is 0 Å². The predicted octanol–water partition coefficient (Wildman–Crippen LogP) is 3.85. The van der Waals surface area contributed by atoms with Gasteiger partial charge in [0.15, 0.2) is 0 Å². The fourth-order valence-electron chi connectivity index (χ4n) is 2.37. The van der Waals surface area contributed by atoms with Gasteiger partial charge in [-0.25, -0.2) is 0 Å². The third kappa shape index (κ3) is 5.23. The maximum absolute atomic E-state index is 3.37. The van der Waals surface area contributed by atoms with Crippen LogP contribution in [0.1, 0.15) is 45.6 Å². The first-order valence-electron chi connectivity index (χ1n) is 7.76. The maximum Gasteiger partial charge on any atom is 0.0366 e. The van der Waals surface area contributed by atoms with Gasteiger partial charge in [-0.1, -0.05) is 39.3 Å². The molecule has 1 N–H and O–H groups in total. The second-order valence-electron chi connectivity index (χ2n) is 5.28. The van der Waals surface area contributed by atoms with Crippen LogP contribution in [-0.4, -0.2) is 26.2 Å². The Labute approximate surface area is 119 Å². The van der Waals surface area contributed by atoms with Crippen molar-refractivity contribution >= 4 is 5.69 Å². The third-order valence-corrected chi connectivity index (χ3v) is 3.61. The Kier molecular flexibility index (Phi) is 7.57. The first kappa shape index (κ1) is 16.0. The summed E-state index contributed by atoms with van der Waals surface area (Å²) in [7, 11) is 2.07. The van der Waals surface area contributed by atoms with Gasteiger partial charge in [-0.15, -0.1) is 0 Å². The average molecular weight is 262 g/mol. The molecular formula is C17H30N2. The number of anilines is 1. The van der Waals surface area contributed by atoms with Crippen molar-refractivity contribution in [3.8, 4) is 0 Å². The number of nitrogens with zero attached hydrogens (tertiary/aromatic N) is 1.